The van der Waals surface area contributed by atoms with Gasteiger partial charge in [0.1, 0.15) is 0 Å². The molecule has 2 aromatic carbocycles. The number of nitrogens with two attached hydrogens (primary N) is 1. The lowest BCUT2D eigenvalue weighted by Gasteiger charge is -2.26. The molecule has 2 N–H and O–H groups in total. The molecule has 0 fully saturated rings. The molecule has 0 unspecified atom stereocenters. The Labute approximate surface area is 165 Å². The molecule has 0 aliphatic carbocycles. The van der Waals surface area contributed by atoms with Gasteiger partial charge in [-0.25, -0.2) is 0 Å². The van der Waals surface area contributed by atoms with Crippen LogP contribution in [0.2, 0.25) is 15.1 Å². The molecule has 0 atom stereocenters. The van der Waals surface area contributed by atoms with Gasteiger partial charge in [0, 0.05) is 17.6 Å². The van der Waals surface area contributed by atoms with Crippen molar-refractivity contribution in [2.24, 2.45) is 0 Å². The van der Waals surface area contributed by atoms with E-state index in [1.807, 2.05) is 24.3 Å². The molecular formula is C20H25Cl3N2. The highest BCUT2D eigenvalue weighted by atomic mass is 35.5. The first-order chi connectivity index (χ1) is 11.9. The highest BCUT2D eigenvalue weighted by Crippen LogP contribution is 2.29. The molecule has 0 saturated heterocycles. The predicted molar refractivity (Wildman–Crippen MR) is 111 cm³/mol. The highest BCUT2D eigenvalue weighted by Gasteiger charge is 2.11. The summed E-state index contributed by atoms with van der Waals surface area (Å²) < 4.78 is 0. The summed E-state index contributed by atoms with van der Waals surface area (Å²) in [5.74, 6) is 0. The second-order valence-corrected chi connectivity index (χ2v) is 7.83. The molecule has 0 radical (unpaired) electrons. The summed E-state index contributed by atoms with van der Waals surface area (Å²) in [5.41, 5.74) is 8.70. The van der Waals surface area contributed by atoms with E-state index in [1.165, 1.54) is 5.56 Å². The number of anilines is 1. The topological polar surface area (TPSA) is 29.3 Å². The second kappa shape index (κ2) is 9.68. The standard InChI is InChI=1S/C20H25Cl3N2/c1-14(2)25(10-3-4-15-5-7-17(21)8-6-15)11-9-16-12-18(22)20(24)19(23)13-16/h5-8,12-14H,3-4,9-11,24H2,1-2H3. The normalized spacial score (nSPS) is 11.5. The Morgan fingerprint density at radius 2 is 1.48 bits per heavy atom. The van der Waals surface area contributed by atoms with Gasteiger partial charge in [0.15, 0.2) is 0 Å². The minimum atomic E-state index is 0.454. The van der Waals surface area contributed by atoms with Crippen LogP contribution in [0.1, 0.15) is 31.4 Å². The van der Waals surface area contributed by atoms with Gasteiger partial charge in [0.25, 0.3) is 0 Å². The highest BCUT2D eigenvalue weighted by molar-refractivity contribution is 6.38. The smallest absolute Gasteiger partial charge is 0.0693 e. The summed E-state index contributed by atoms with van der Waals surface area (Å²) in [7, 11) is 0. The third kappa shape index (κ3) is 6.38. The molecule has 0 aliphatic heterocycles. The van der Waals surface area contributed by atoms with Gasteiger partial charge >= 0.3 is 0 Å². The number of nitrogens with zero attached hydrogens (tertiary/aromatic N) is 1. The van der Waals surface area contributed by atoms with Crippen LogP contribution in [-0.2, 0) is 12.8 Å². The quantitative estimate of drug-likeness (QED) is 0.542. The fourth-order valence-corrected chi connectivity index (χ4v) is 3.48. The average Bonchev–Trinajstić information content (AvgIpc) is 2.57. The Morgan fingerprint density at radius 1 is 0.880 bits per heavy atom. The molecule has 2 nitrogen and oxygen atoms in total. The van der Waals surface area contributed by atoms with Gasteiger partial charge in [0.05, 0.1) is 15.7 Å². The Hall–Kier alpha value is -0.930. The molecule has 25 heavy (non-hydrogen) atoms. The Bertz CT molecular complexity index is 661. The van der Waals surface area contributed by atoms with E-state index in [-0.39, 0.29) is 0 Å². The van der Waals surface area contributed by atoms with Crippen molar-refractivity contribution in [3.63, 3.8) is 0 Å². The molecule has 2 aromatic rings. The van der Waals surface area contributed by atoms with Crippen LogP contribution in [0, 0.1) is 0 Å². The van der Waals surface area contributed by atoms with E-state index >= 15 is 0 Å². The Balaban J connectivity index is 1.87. The van der Waals surface area contributed by atoms with Crippen molar-refractivity contribution < 1.29 is 0 Å². The lowest BCUT2D eigenvalue weighted by molar-refractivity contribution is 0.222. The predicted octanol–water partition coefficient (Wildman–Crippen LogP) is 6.11. The molecule has 0 heterocycles. The van der Waals surface area contributed by atoms with Crippen LogP contribution < -0.4 is 5.73 Å². The first-order valence-corrected chi connectivity index (χ1v) is 9.72. The first kappa shape index (κ1) is 20.4. The van der Waals surface area contributed by atoms with Crippen molar-refractivity contribution in [2.75, 3.05) is 18.8 Å². The van der Waals surface area contributed by atoms with Crippen molar-refractivity contribution in [1.82, 2.24) is 4.90 Å². The summed E-state index contributed by atoms with van der Waals surface area (Å²) in [6, 6.07) is 12.4. The molecule has 2 rings (SSSR count). The van der Waals surface area contributed by atoms with Gasteiger partial charge in [0.2, 0.25) is 0 Å². The van der Waals surface area contributed by atoms with Crippen LogP contribution in [0.4, 0.5) is 5.69 Å². The fraction of sp³-hybridized carbons (Fsp3) is 0.400. The van der Waals surface area contributed by atoms with Crippen molar-refractivity contribution >= 4 is 40.5 Å². The summed E-state index contributed by atoms with van der Waals surface area (Å²) in [6.07, 6.45) is 3.07. The minimum absolute atomic E-state index is 0.454. The molecule has 0 saturated carbocycles. The lowest BCUT2D eigenvalue weighted by atomic mass is 10.1. The van der Waals surface area contributed by atoms with Gasteiger partial charge in [-0.05, 0) is 75.0 Å². The number of halogens is 3. The number of hydrogen-bond acceptors (Lipinski definition) is 2. The second-order valence-electron chi connectivity index (χ2n) is 6.58. The van der Waals surface area contributed by atoms with Crippen LogP contribution in [0.5, 0.6) is 0 Å². The molecule has 5 heteroatoms. The zero-order valence-corrected chi connectivity index (χ0v) is 17.0. The van der Waals surface area contributed by atoms with E-state index in [1.54, 1.807) is 0 Å². The third-order valence-corrected chi connectivity index (χ3v) is 5.26. The van der Waals surface area contributed by atoms with Crippen molar-refractivity contribution in [3.05, 3.63) is 62.6 Å². The Kier molecular flexibility index (Phi) is 7.89. The molecule has 0 aliphatic rings. The van der Waals surface area contributed by atoms with Crippen LogP contribution >= 0.6 is 34.8 Å². The third-order valence-electron chi connectivity index (χ3n) is 4.38. The van der Waals surface area contributed by atoms with Gasteiger partial charge < -0.3 is 10.6 Å². The maximum Gasteiger partial charge on any atom is 0.0693 e. The van der Waals surface area contributed by atoms with E-state index in [0.717, 1.165) is 42.9 Å². The van der Waals surface area contributed by atoms with Gasteiger partial charge in [-0.3, -0.25) is 0 Å². The minimum Gasteiger partial charge on any atom is -0.396 e. The largest absolute Gasteiger partial charge is 0.396 e. The van der Waals surface area contributed by atoms with Crippen LogP contribution in [0.15, 0.2) is 36.4 Å². The maximum absolute atomic E-state index is 6.13. The van der Waals surface area contributed by atoms with E-state index in [2.05, 4.69) is 30.9 Å². The molecule has 0 amide bonds. The number of nitrogen functional groups attached to an aromatic ring is 1. The molecule has 0 aromatic heterocycles. The SMILES string of the molecule is CC(C)N(CCCc1ccc(Cl)cc1)CCc1cc(Cl)c(N)c(Cl)c1. The number of rotatable bonds is 8. The van der Waals surface area contributed by atoms with E-state index < -0.39 is 0 Å². The average molecular weight is 400 g/mol. The number of benzene rings is 2. The van der Waals surface area contributed by atoms with E-state index in [9.17, 15) is 0 Å². The molecule has 0 spiro atoms. The first-order valence-electron chi connectivity index (χ1n) is 8.58. The Morgan fingerprint density at radius 3 is 2.04 bits per heavy atom. The zero-order chi connectivity index (χ0) is 18.4. The van der Waals surface area contributed by atoms with E-state index in [0.29, 0.717) is 21.8 Å². The molecule has 0 bridgehead atoms. The van der Waals surface area contributed by atoms with E-state index in [4.69, 9.17) is 40.5 Å². The lowest BCUT2D eigenvalue weighted by Crippen LogP contribution is -2.34. The fourth-order valence-electron chi connectivity index (χ4n) is 2.82. The van der Waals surface area contributed by atoms with Gasteiger partial charge in [-0.2, -0.15) is 0 Å². The maximum atomic E-state index is 6.13. The summed E-state index contributed by atoms with van der Waals surface area (Å²) in [6.45, 7) is 6.47. The van der Waals surface area contributed by atoms with Crippen molar-refractivity contribution in [1.29, 1.82) is 0 Å². The molecular weight excluding hydrogens is 375 g/mol. The summed E-state index contributed by atoms with van der Waals surface area (Å²) in [4.78, 5) is 2.48. The summed E-state index contributed by atoms with van der Waals surface area (Å²) >= 11 is 18.2. The van der Waals surface area contributed by atoms with Crippen LogP contribution in [0.3, 0.4) is 0 Å². The van der Waals surface area contributed by atoms with Crippen molar-refractivity contribution in [2.45, 2.75) is 39.2 Å². The van der Waals surface area contributed by atoms with Crippen LogP contribution in [-0.4, -0.2) is 24.0 Å². The zero-order valence-electron chi connectivity index (χ0n) is 14.7. The molecule has 136 valence electrons. The number of hydrogen-bond donors (Lipinski definition) is 1. The van der Waals surface area contributed by atoms with Gasteiger partial charge in [-0.15, -0.1) is 0 Å². The summed E-state index contributed by atoms with van der Waals surface area (Å²) in [5, 5.41) is 1.84. The van der Waals surface area contributed by atoms with Crippen molar-refractivity contribution in [3.8, 4) is 0 Å². The van der Waals surface area contributed by atoms with Gasteiger partial charge in [-0.1, -0.05) is 46.9 Å². The number of aryl methyl sites for hydroxylation is 1. The van der Waals surface area contributed by atoms with Crippen LogP contribution in [0.25, 0.3) is 0 Å². The monoisotopic (exact) mass is 398 g/mol.